The number of nitrogens with one attached hydrogen (secondary N) is 3. The maximum Gasteiger partial charge on any atom is 0.324 e. The largest absolute Gasteiger partial charge is 0.392 e. The fourth-order valence-electron chi connectivity index (χ4n) is 3.36. The van der Waals surface area contributed by atoms with Crippen molar-refractivity contribution in [3.05, 3.63) is 107 Å². The second kappa shape index (κ2) is 9.31. The Bertz CT molecular complexity index is 1230. The molecule has 33 heavy (non-hydrogen) atoms. The first-order chi connectivity index (χ1) is 15.9. The average molecular weight is 458 g/mol. The molecule has 0 saturated carbocycles. The number of carbonyl (C=O) groups excluding carboxylic acids is 1. The van der Waals surface area contributed by atoms with Crippen LogP contribution in [-0.2, 0) is 6.61 Å². The highest BCUT2D eigenvalue weighted by Gasteiger charge is 2.28. The molecule has 0 aromatic heterocycles. The number of urea groups is 1. The number of nitrogens with zero attached hydrogens (tertiary/aromatic N) is 1. The Hall–Kier alpha value is -3.89. The highest BCUT2D eigenvalue weighted by Crippen LogP contribution is 2.30. The first kappa shape index (κ1) is 22.3. The number of benzene rings is 3. The number of hydrazine groups is 1. The van der Waals surface area contributed by atoms with Crippen molar-refractivity contribution in [2.75, 3.05) is 10.3 Å². The molecule has 4 rings (SSSR count). The number of rotatable bonds is 5. The molecule has 170 valence electrons. The van der Waals surface area contributed by atoms with Gasteiger partial charge in [-0.3, -0.25) is 10.3 Å². The molecule has 0 aliphatic carbocycles. The number of halogens is 4. The predicted octanol–water partition coefficient (Wildman–Crippen LogP) is 4.46. The summed E-state index contributed by atoms with van der Waals surface area (Å²) in [4.78, 5) is 12.5. The van der Waals surface area contributed by atoms with Gasteiger partial charge in [-0.05, 0) is 42.0 Å². The van der Waals surface area contributed by atoms with Crippen LogP contribution in [0.4, 0.5) is 33.7 Å². The van der Waals surface area contributed by atoms with E-state index in [1.54, 1.807) is 42.5 Å². The molecule has 0 bridgehead atoms. The Morgan fingerprint density at radius 3 is 2.48 bits per heavy atom. The van der Waals surface area contributed by atoms with Crippen molar-refractivity contribution in [2.45, 2.75) is 12.6 Å². The molecule has 1 unspecified atom stereocenters. The van der Waals surface area contributed by atoms with E-state index in [0.717, 1.165) is 6.07 Å². The third kappa shape index (κ3) is 4.66. The van der Waals surface area contributed by atoms with Gasteiger partial charge in [-0.25, -0.2) is 27.8 Å². The van der Waals surface area contributed by atoms with Gasteiger partial charge in [-0.2, -0.15) is 0 Å². The van der Waals surface area contributed by atoms with Gasteiger partial charge in [0.15, 0.2) is 17.5 Å². The Balaban J connectivity index is 1.62. The molecular weight excluding hydrogens is 440 g/mol. The highest BCUT2D eigenvalue weighted by atomic mass is 19.2. The number of amides is 2. The molecule has 1 aliphatic rings. The summed E-state index contributed by atoms with van der Waals surface area (Å²) < 4.78 is 54.9. The van der Waals surface area contributed by atoms with Crippen LogP contribution in [0.1, 0.15) is 17.2 Å². The van der Waals surface area contributed by atoms with E-state index < -0.39 is 41.0 Å². The van der Waals surface area contributed by atoms with Crippen LogP contribution >= 0.6 is 0 Å². The minimum Gasteiger partial charge on any atom is -0.392 e. The fourth-order valence-corrected chi connectivity index (χ4v) is 3.36. The summed E-state index contributed by atoms with van der Waals surface area (Å²) >= 11 is 0. The van der Waals surface area contributed by atoms with Crippen LogP contribution in [0.15, 0.2) is 72.6 Å². The van der Waals surface area contributed by atoms with Gasteiger partial charge in [0.2, 0.25) is 0 Å². The van der Waals surface area contributed by atoms with Gasteiger partial charge >= 0.3 is 6.03 Å². The molecule has 1 heterocycles. The summed E-state index contributed by atoms with van der Waals surface area (Å²) in [5.41, 5.74) is 3.92. The number of hydrogen-bond acceptors (Lipinski definition) is 4. The smallest absolute Gasteiger partial charge is 0.324 e. The number of hydrogen-bond donors (Lipinski definition) is 4. The maximum absolute atomic E-state index is 14.4. The Labute approximate surface area is 186 Å². The Morgan fingerprint density at radius 2 is 1.73 bits per heavy atom. The van der Waals surface area contributed by atoms with Crippen LogP contribution in [-0.4, -0.2) is 11.1 Å². The molecule has 3 aromatic carbocycles. The maximum atomic E-state index is 14.4. The summed E-state index contributed by atoms with van der Waals surface area (Å²) in [5, 5.41) is 15.5. The number of anilines is 2. The van der Waals surface area contributed by atoms with Crippen molar-refractivity contribution in [1.82, 2.24) is 10.7 Å². The minimum absolute atomic E-state index is 0.166. The van der Waals surface area contributed by atoms with Crippen LogP contribution in [0.3, 0.4) is 0 Å². The summed E-state index contributed by atoms with van der Waals surface area (Å²) in [6.07, 6.45) is 1.53. The monoisotopic (exact) mass is 458 g/mol. The number of aliphatic hydroxyl groups excluding tert-OH is 1. The standard InChI is InChI=1S/C23H18F4N4O2/c24-16-7-2-1-6-15(16)19-11-20(31(30-19)14-5-3-4-13(10-14)12-32)29-23(33)28-18-9-8-17(25)21(26)22(18)27/h1-11,19,30,32H,12H2,(H2,28,29,33). The summed E-state index contributed by atoms with van der Waals surface area (Å²) in [7, 11) is 0. The van der Waals surface area contributed by atoms with Gasteiger partial charge in [0, 0.05) is 5.56 Å². The molecule has 3 aromatic rings. The second-order valence-electron chi connectivity index (χ2n) is 7.15. The van der Waals surface area contributed by atoms with E-state index in [2.05, 4.69) is 16.1 Å². The van der Waals surface area contributed by atoms with E-state index in [9.17, 15) is 27.5 Å². The molecular formula is C23H18F4N4O2. The SMILES string of the molecule is O=C(NC1=CC(c2ccccc2F)NN1c1cccc(CO)c1)Nc1ccc(F)c(F)c1F. The van der Waals surface area contributed by atoms with Crippen molar-refractivity contribution in [3.8, 4) is 0 Å². The lowest BCUT2D eigenvalue weighted by molar-refractivity contribution is 0.254. The van der Waals surface area contributed by atoms with Crippen LogP contribution in [0.5, 0.6) is 0 Å². The van der Waals surface area contributed by atoms with Crippen molar-refractivity contribution in [2.24, 2.45) is 0 Å². The molecule has 0 saturated heterocycles. The van der Waals surface area contributed by atoms with Gasteiger partial charge < -0.3 is 10.4 Å². The van der Waals surface area contributed by atoms with Gasteiger partial charge in [0.05, 0.1) is 24.0 Å². The normalized spacial score (nSPS) is 15.4. The van der Waals surface area contributed by atoms with Crippen molar-refractivity contribution in [3.63, 3.8) is 0 Å². The third-order valence-electron chi connectivity index (χ3n) is 4.95. The van der Waals surface area contributed by atoms with Crippen LogP contribution in [0.25, 0.3) is 0 Å². The quantitative estimate of drug-likeness (QED) is 0.336. The molecule has 0 spiro atoms. The van der Waals surface area contributed by atoms with Crippen molar-refractivity contribution in [1.29, 1.82) is 0 Å². The van der Waals surface area contributed by atoms with Crippen LogP contribution in [0, 0.1) is 23.3 Å². The lowest BCUT2D eigenvalue weighted by atomic mass is 10.1. The molecule has 0 fully saturated rings. The summed E-state index contributed by atoms with van der Waals surface area (Å²) in [6.45, 7) is -0.221. The van der Waals surface area contributed by atoms with Gasteiger partial charge in [0.25, 0.3) is 0 Å². The molecule has 10 heteroatoms. The third-order valence-corrected chi connectivity index (χ3v) is 4.95. The Morgan fingerprint density at radius 1 is 0.939 bits per heavy atom. The zero-order valence-corrected chi connectivity index (χ0v) is 16.9. The highest BCUT2D eigenvalue weighted by molar-refractivity contribution is 5.91. The molecule has 4 N–H and O–H groups in total. The van der Waals surface area contributed by atoms with E-state index in [4.69, 9.17) is 0 Å². The number of aliphatic hydroxyl groups is 1. The first-order valence-corrected chi connectivity index (χ1v) is 9.81. The van der Waals surface area contributed by atoms with E-state index >= 15 is 0 Å². The van der Waals surface area contributed by atoms with Crippen LogP contribution in [0.2, 0.25) is 0 Å². The van der Waals surface area contributed by atoms with Gasteiger partial charge in [0.1, 0.15) is 11.6 Å². The first-order valence-electron chi connectivity index (χ1n) is 9.81. The molecule has 6 nitrogen and oxygen atoms in total. The molecule has 0 radical (unpaired) electrons. The molecule has 1 atom stereocenters. The van der Waals surface area contributed by atoms with E-state index in [-0.39, 0.29) is 12.4 Å². The second-order valence-corrected chi connectivity index (χ2v) is 7.15. The zero-order chi connectivity index (χ0) is 23.5. The van der Waals surface area contributed by atoms with Gasteiger partial charge in [-0.1, -0.05) is 30.3 Å². The van der Waals surface area contributed by atoms with E-state index in [0.29, 0.717) is 22.9 Å². The van der Waals surface area contributed by atoms with Crippen LogP contribution < -0.4 is 21.1 Å². The summed E-state index contributed by atoms with van der Waals surface area (Å²) in [5.74, 6) is -4.94. The fraction of sp³-hybridized carbons (Fsp3) is 0.0870. The molecule has 2 amide bonds. The summed E-state index contributed by atoms with van der Waals surface area (Å²) in [6, 6.07) is 12.8. The van der Waals surface area contributed by atoms with E-state index in [1.165, 1.54) is 17.2 Å². The average Bonchev–Trinajstić information content (AvgIpc) is 3.23. The zero-order valence-electron chi connectivity index (χ0n) is 16.9. The number of carbonyl (C=O) groups is 1. The Kier molecular flexibility index (Phi) is 6.29. The predicted molar refractivity (Wildman–Crippen MR) is 114 cm³/mol. The van der Waals surface area contributed by atoms with Crippen molar-refractivity contribution < 1.29 is 27.5 Å². The lowest BCUT2D eigenvalue weighted by Crippen LogP contribution is -2.41. The lowest BCUT2D eigenvalue weighted by Gasteiger charge is -2.25. The van der Waals surface area contributed by atoms with Crippen molar-refractivity contribution >= 4 is 17.4 Å². The van der Waals surface area contributed by atoms with E-state index in [1.807, 2.05) is 0 Å². The minimum atomic E-state index is -1.71. The molecule has 1 aliphatic heterocycles. The topological polar surface area (TPSA) is 76.6 Å². The van der Waals surface area contributed by atoms with Gasteiger partial charge in [-0.15, -0.1) is 0 Å².